The molecule has 3 aromatic rings. The van der Waals surface area contributed by atoms with Gasteiger partial charge >= 0.3 is 11.7 Å². The zero-order chi connectivity index (χ0) is 23.8. The van der Waals surface area contributed by atoms with Gasteiger partial charge in [-0.15, -0.1) is 0 Å². The fourth-order valence-corrected chi connectivity index (χ4v) is 2.83. The van der Waals surface area contributed by atoms with Crippen LogP contribution >= 0.6 is 0 Å². The molecule has 0 radical (unpaired) electrons. The van der Waals surface area contributed by atoms with E-state index < -0.39 is 10.9 Å². The van der Waals surface area contributed by atoms with Crippen LogP contribution in [0, 0.1) is 10.1 Å². The second-order valence-corrected chi connectivity index (χ2v) is 5.92. The second-order valence-electron chi connectivity index (χ2n) is 5.92. The van der Waals surface area contributed by atoms with Crippen LogP contribution in [0.3, 0.4) is 0 Å². The predicted molar refractivity (Wildman–Crippen MR) is 112 cm³/mol. The molecule has 0 saturated carbocycles. The lowest BCUT2D eigenvalue weighted by atomic mass is 10.1. The van der Waals surface area contributed by atoms with Gasteiger partial charge in [-0.05, 0) is 24.3 Å². The van der Waals surface area contributed by atoms with Crippen molar-refractivity contribution in [3.63, 3.8) is 0 Å². The summed E-state index contributed by atoms with van der Waals surface area (Å²) in [5.41, 5.74) is -0.0408. The van der Waals surface area contributed by atoms with E-state index in [1.165, 1.54) is 40.6 Å². The smallest absolute Gasteiger partial charge is 0.373 e. The highest BCUT2D eigenvalue weighted by Crippen LogP contribution is 2.36. The molecule has 11 nitrogen and oxygen atoms in total. The Morgan fingerprint density at radius 2 is 1.44 bits per heavy atom. The first-order chi connectivity index (χ1) is 15.4. The van der Waals surface area contributed by atoms with Gasteiger partial charge in [0.1, 0.15) is 17.1 Å². The molecule has 1 heterocycles. The number of hydrogen-bond acceptors (Lipinski definition) is 10. The molecule has 0 N–H and O–H groups in total. The van der Waals surface area contributed by atoms with E-state index in [0.717, 1.165) is 0 Å². The van der Waals surface area contributed by atoms with Gasteiger partial charge in [0.2, 0.25) is 5.76 Å². The zero-order valence-corrected chi connectivity index (χ0v) is 18.0. The molecule has 0 saturated heterocycles. The largest absolute Gasteiger partial charge is 0.496 e. The minimum atomic E-state index is -0.676. The number of esters is 1. The lowest BCUT2D eigenvalue weighted by molar-refractivity contribution is -0.386. The third kappa shape index (κ3) is 4.72. The molecule has 0 unspecified atom stereocenters. The van der Waals surface area contributed by atoms with E-state index in [9.17, 15) is 19.7 Å². The molecule has 0 aliphatic rings. The quantitative estimate of drug-likeness (QED) is 0.228. The maximum atomic E-state index is 11.4. The molecular formula is C21H21NO10. The van der Waals surface area contributed by atoms with Gasteiger partial charge in [-0.2, -0.15) is 0 Å². The van der Waals surface area contributed by atoms with Gasteiger partial charge < -0.3 is 28.1 Å². The van der Waals surface area contributed by atoms with Gasteiger partial charge in [-0.3, -0.25) is 14.9 Å². The summed E-state index contributed by atoms with van der Waals surface area (Å²) in [6.07, 6.45) is 0.374. The Morgan fingerprint density at radius 1 is 0.906 bits per heavy atom. The third-order valence-electron chi connectivity index (χ3n) is 4.31. The van der Waals surface area contributed by atoms with E-state index >= 15 is 0 Å². The van der Waals surface area contributed by atoms with Crippen LogP contribution in [0.4, 0.5) is 5.69 Å². The summed E-state index contributed by atoms with van der Waals surface area (Å²) >= 11 is 0. The number of carbonyl (C=O) groups is 2. The van der Waals surface area contributed by atoms with Crippen LogP contribution in [0.25, 0.3) is 11.0 Å². The van der Waals surface area contributed by atoms with Gasteiger partial charge in [0, 0.05) is 6.07 Å². The van der Waals surface area contributed by atoms with Crippen LogP contribution in [-0.4, -0.2) is 52.7 Å². The molecule has 170 valence electrons. The Balaban J connectivity index is 0.000000229. The molecule has 11 heteroatoms. The minimum absolute atomic E-state index is 0.0305. The summed E-state index contributed by atoms with van der Waals surface area (Å²) in [5, 5.41) is 11.4. The third-order valence-corrected chi connectivity index (χ3v) is 4.31. The molecular weight excluding hydrogens is 426 g/mol. The van der Waals surface area contributed by atoms with Crippen LogP contribution in [-0.2, 0) is 4.74 Å². The number of nitro groups is 1. The van der Waals surface area contributed by atoms with Crippen molar-refractivity contribution in [3.8, 4) is 23.0 Å². The maximum Gasteiger partial charge on any atom is 0.373 e. The maximum absolute atomic E-state index is 11.4. The van der Waals surface area contributed by atoms with Crippen molar-refractivity contribution in [2.75, 3.05) is 35.5 Å². The van der Waals surface area contributed by atoms with Crippen molar-refractivity contribution in [1.82, 2.24) is 0 Å². The van der Waals surface area contributed by atoms with E-state index in [4.69, 9.17) is 23.4 Å². The van der Waals surface area contributed by atoms with E-state index in [0.29, 0.717) is 28.8 Å². The lowest BCUT2D eigenvalue weighted by Crippen LogP contribution is -2.00. The first kappa shape index (κ1) is 24.0. The summed E-state index contributed by atoms with van der Waals surface area (Å²) in [4.78, 5) is 32.2. The molecule has 32 heavy (non-hydrogen) atoms. The molecule has 0 atom stereocenters. The highest BCUT2D eigenvalue weighted by molar-refractivity contribution is 5.97. The summed E-state index contributed by atoms with van der Waals surface area (Å²) < 4.78 is 30.0. The summed E-state index contributed by atoms with van der Waals surface area (Å²) in [6, 6.07) is 7.85. The van der Waals surface area contributed by atoms with Crippen LogP contribution in [0.15, 0.2) is 34.7 Å². The average Bonchev–Trinajstić information content (AvgIpc) is 3.27. The summed E-state index contributed by atoms with van der Waals surface area (Å²) in [6.45, 7) is 0. The first-order valence-electron chi connectivity index (χ1n) is 8.94. The van der Waals surface area contributed by atoms with Crippen molar-refractivity contribution in [1.29, 1.82) is 0 Å². The Hall–Kier alpha value is -4.28. The Labute approximate surface area is 182 Å². The Bertz CT molecular complexity index is 1090. The highest BCUT2D eigenvalue weighted by Gasteiger charge is 2.24. The SMILES string of the molecule is COC(=O)c1cc2c(OC)ccc(OC)c2o1.COc1ccc(OC)c([N+](=O)[O-])c1C=O. The van der Waals surface area contributed by atoms with Gasteiger partial charge in [-0.25, -0.2) is 4.79 Å². The number of furan rings is 1. The molecule has 0 aliphatic carbocycles. The van der Waals surface area contributed by atoms with Crippen molar-refractivity contribution in [3.05, 3.63) is 51.8 Å². The monoisotopic (exact) mass is 447 g/mol. The van der Waals surface area contributed by atoms with Crippen LogP contribution in [0.5, 0.6) is 23.0 Å². The topological polar surface area (TPSA) is 137 Å². The van der Waals surface area contributed by atoms with E-state index in [-0.39, 0.29) is 28.5 Å². The lowest BCUT2D eigenvalue weighted by Gasteiger charge is -2.07. The normalized spacial score (nSPS) is 9.91. The zero-order valence-electron chi connectivity index (χ0n) is 18.0. The van der Waals surface area contributed by atoms with Crippen molar-refractivity contribution >= 4 is 28.9 Å². The van der Waals surface area contributed by atoms with E-state index in [2.05, 4.69) is 4.74 Å². The summed E-state index contributed by atoms with van der Waals surface area (Å²) in [5.74, 6) is 0.909. The van der Waals surface area contributed by atoms with Gasteiger partial charge in [-0.1, -0.05) is 0 Å². The Kier molecular flexibility index (Phi) is 7.99. The van der Waals surface area contributed by atoms with E-state index in [1.54, 1.807) is 25.3 Å². The number of methoxy groups -OCH3 is 5. The molecule has 0 aliphatic heterocycles. The number of aldehydes is 1. The van der Waals surface area contributed by atoms with Crippen molar-refractivity contribution in [2.45, 2.75) is 0 Å². The molecule has 0 fully saturated rings. The fraction of sp³-hybridized carbons (Fsp3) is 0.238. The number of benzene rings is 2. The second kappa shape index (κ2) is 10.7. The van der Waals surface area contributed by atoms with Crippen molar-refractivity contribution < 1.29 is 42.6 Å². The molecule has 1 aromatic heterocycles. The molecule has 0 bridgehead atoms. The Morgan fingerprint density at radius 3 is 1.94 bits per heavy atom. The number of hydrogen-bond donors (Lipinski definition) is 0. The molecule has 2 aromatic carbocycles. The van der Waals surface area contributed by atoms with Crippen LogP contribution in [0.2, 0.25) is 0 Å². The van der Waals surface area contributed by atoms with E-state index in [1.807, 2.05) is 0 Å². The predicted octanol–water partition coefficient (Wildman–Crippen LogP) is 3.66. The van der Waals surface area contributed by atoms with Gasteiger partial charge in [0.25, 0.3) is 0 Å². The number of carbonyl (C=O) groups excluding carboxylic acids is 2. The number of ether oxygens (including phenoxy) is 5. The highest BCUT2D eigenvalue weighted by atomic mass is 16.6. The molecule has 0 spiro atoms. The van der Waals surface area contributed by atoms with Crippen LogP contribution < -0.4 is 18.9 Å². The van der Waals surface area contributed by atoms with Crippen LogP contribution in [0.1, 0.15) is 20.9 Å². The minimum Gasteiger partial charge on any atom is -0.496 e. The standard InChI is InChI=1S/C12H12O5.C9H9NO5/c1-14-8-4-5-9(15-2)11-7(8)6-10(17-11)12(13)16-3;1-14-7-3-4-8(15-2)9(10(12)13)6(7)5-11/h4-6H,1-3H3;3-5H,1-2H3. The number of nitro benzene ring substituents is 1. The summed E-state index contributed by atoms with van der Waals surface area (Å²) in [7, 11) is 7.00. The van der Waals surface area contributed by atoms with Gasteiger partial charge in [0.15, 0.2) is 23.4 Å². The molecule has 0 amide bonds. The number of nitrogens with zero attached hydrogens (tertiary/aromatic N) is 1. The number of rotatable bonds is 7. The van der Waals surface area contributed by atoms with Gasteiger partial charge in [0.05, 0.1) is 45.9 Å². The molecule has 3 rings (SSSR count). The first-order valence-corrected chi connectivity index (χ1v) is 8.94. The van der Waals surface area contributed by atoms with Crippen molar-refractivity contribution in [2.24, 2.45) is 0 Å². The fourth-order valence-electron chi connectivity index (χ4n) is 2.83. The average molecular weight is 447 g/mol. The number of fused-ring (bicyclic) bond motifs is 1.